The molecule has 0 aliphatic carbocycles. The first-order chi connectivity index (χ1) is 13.9. The number of rotatable bonds is 8. The molecule has 29 heavy (non-hydrogen) atoms. The van der Waals surface area contributed by atoms with E-state index in [1.807, 2.05) is 6.92 Å². The molecular formula is C20H20F3N3O3. The summed E-state index contributed by atoms with van der Waals surface area (Å²) in [4.78, 5) is 18.4. The summed E-state index contributed by atoms with van der Waals surface area (Å²) in [5.74, 6) is 0.326. The van der Waals surface area contributed by atoms with Gasteiger partial charge in [0.15, 0.2) is 5.76 Å². The number of carbonyl (C=O) groups is 1. The van der Waals surface area contributed by atoms with Gasteiger partial charge in [0, 0.05) is 25.1 Å². The van der Waals surface area contributed by atoms with Crippen molar-refractivity contribution in [3.8, 4) is 11.4 Å². The van der Waals surface area contributed by atoms with Crippen LogP contribution in [0.1, 0.15) is 41.8 Å². The Morgan fingerprint density at radius 2 is 2.00 bits per heavy atom. The minimum atomic E-state index is -4.45. The molecule has 3 rings (SSSR count). The zero-order valence-electron chi connectivity index (χ0n) is 15.8. The van der Waals surface area contributed by atoms with E-state index < -0.39 is 11.7 Å². The number of unbranched alkanes of at least 4 members (excludes halogenated alkanes) is 1. The van der Waals surface area contributed by atoms with Crippen LogP contribution in [0.2, 0.25) is 0 Å². The SMILES string of the molecule is CCCCN(CCc1nc(-c2cccc(C(F)(F)F)c2)no1)C(=O)c1ccco1. The minimum absolute atomic E-state index is 0.0727. The van der Waals surface area contributed by atoms with Crippen molar-refractivity contribution in [1.82, 2.24) is 15.0 Å². The maximum absolute atomic E-state index is 12.9. The Kier molecular flexibility index (Phi) is 6.36. The molecule has 6 nitrogen and oxygen atoms in total. The van der Waals surface area contributed by atoms with Gasteiger partial charge in [0.05, 0.1) is 11.8 Å². The summed E-state index contributed by atoms with van der Waals surface area (Å²) in [5.41, 5.74) is -0.569. The second-order valence-electron chi connectivity index (χ2n) is 6.46. The molecule has 0 unspecified atom stereocenters. The average Bonchev–Trinajstić information content (AvgIpc) is 3.39. The third kappa shape index (κ3) is 5.24. The minimum Gasteiger partial charge on any atom is -0.459 e. The molecule has 9 heteroatoms. The fourth-order valence-corrected chi connectivity index (χ4v) is 2.76. The first-order valence-electron chi connectivity index (χ1n) is 9.21. The number of furan rings is 1. The molecule has 2 aromatic heterocycles. The van der Waals surface area contributed by atoms with E-state index in [2.05, 4.69) is 10.1 Å². The van der Waals surface area contributed by atoms with Gasteiger partial charge in [-0.05, 0) is 30.7 Å². The van der Waals surface area contributed by atoms with Gasteiger partial charge in [-0.25, -0.2) is 0 Å². The highest BCUT2D eigenvalue weighted by molar-refractivity contribution is 5.91. The Labute approximate surface area is 165 Å². The molecule has 0 spiro atoms. The molecule has 3 aromatic rings. The summed E-state index contributed by atoms with van der Waals surface area (Å²) in [7, 11) is 0. The van der Waals surface area contributed by atoms with Gasteiger partial charge in [0.1, 0.15) is 0 Å². The fraction of sp³-hybridized carbons (Fsp3) is 0.350. The molecule has 0 N–H and O–H groups in total. The predicted octanol–water partition coefficient (Wildman–Crippen LogP) is 4.83. The number of aromatic nitrogens is 2. The van der Waals surface area contributed by atoms with Crippen LogP contribution in [0.25, 0.3) is 11.4 Å². The van der Waals surface area contributed by atoms with Gasteiger partial charge in [0.2, 0.25) is 11.7 Å². The molecule has 0 bridgehead atoms. The van der Waals surface area contributed by atoms with E-state index >= 15 is 0 Å². The van der Waals surface area contributed by atoms with E-state index in [0.717, 1.165) is 25.0 Å². The lowest BCUT2D eigenvalue weighted by molar-refractivity contribution is -0.137. The van der Waals surface area contributed by atoms with E-state index in [-0.39, 0.29) is 35.4 Å². The second kappa shape index (κ2) is 8.93. The van der Waals surface area contributed by atoms with Crippen molar-refractivity contribution < 1.29 is 26.9 Å². The van der Waals surface area contributed by atoms with Gasteiger partial charge in [-0.1, -0.05) is 30.6 Å². The van der Waals surface area contributed by atoms with Crippen LogP contribution in [0.5, 0.6) is 0 Å². The van der Waals surface area contributed by atoms with Gasteiger partial charge in [-0.2, -0.15) is 18.2 Å². The average molecular weight is 407 g/mol. The lowest BCUT2D eigenvalue weighted by atomic mass is 10.1. The summed E-state index contributed by atoms with van der Waals surface area (Å²) >= 11 is 0. The molecule has 0 atom stereocenters. The number of hydrogen-bond donors (Lipinski definition) is 0. The van der Waals surface area contributed by atoms with Crippen LogP contribution in [-0.2, 0) is 12.6 Å². The van der Waals surface area contributed by atoms with Crippen molar-refractivity contribution in [3.05, 3.63) is 59.9 Å². The molecule has 1 aromatic carbocycles. The Hall–Kier alpha value is -3.10. The smallest absolute Gasteiger partial charge is 0.416 e. The van der Waals surface area contributed by atoms with Gasteiger partial charge in [0.25, 0.3) is 5.91 Å². The molecule has 0 fully saturated rings. The highest BCUT2D eigenvalue weighted by Crippen LogP contribution is 2.31. The van der Waals surface area contributed by atoms with Crippen LogP contribution in [0.4, 0.5) is 13.2 Å². The van der Waals surface area contributed by atoms with Crippen LogP contribution >= 0.6 is 0 Å². The van der Waals surface area contributed by atoms with E-state index in [0.29, 0.717) is 13.1 Å². The van der Waals surface area contributed by atoms with Crippen LogP contribution in [0.15, 0.2) is 51.6 Å². The largest absolute Gasteiger partial charge is 0.459 e. The van der Waals surface area contributed by atoms with Crippen molar-refractivity contribution in [3.63, 3.8) is 0 Å². The van der Waals surface area contributed by atoms with Crippen molar-refractivity contribution >= 4 is 5.91 Å². The van der Waals surface area contributed by atoms with E-state index in [4.69, 9.17) is 8.94 Å². The lowest BCUT2D eigenvalue weighted by Crippen LogP contribution is -2.33. The number of carbonyl (C=O) groups excluding carboxylic acids is 1. The quantitative estimate of drug-likeness (QED) is 0.535. The fourth-order valence-electron chi connectivity index (χ4n) is 2.76. The van der Waals surface area contributed by atoms with Crippen molar-refractivity contribution in [2.45, 2.75) is 32.4 Å². The van der Waals surface area contributed by atoms with Crippen LogP contribution < -0.4 is 0 Å². The summed E-state index contributed by atoms with van der Waals surface area (Å²) in [6.45, 7) is 2.89. The summed E-state index contributed by atoms with van der Waals surface area (Å²) in [5, 5.41) is 3.77. The highest BCUT2D eigenvalue weighted by Gasteiger charge is 2.30. The summed E-state index contributed by atoms with van der Waals surface area (Å²) in [6.07, 6.45) is -0.991. The molecule has 154 valence electrons. The summed E-state index contributed by atoms with van der Waals surface area (Å²) < 4.78 is 49.0. The topological polar surface area (TPSA) is 72.4 Å². The number of hydrogen-bond acceptors (Lipinski definition) is 5. The Balaban J connectivity index is 1.69. The van der Waals surface area contributed by atoms with Crippen molar-refractivity contribution in [2.75, 3.05) is 13.1 Å². The highest BCUT2D eigenvalue weighted by atomic mass is 19.4. The molecule has 0 radical (unpaired) electrons. The number of amides is 1. The number of nitrogens with zero attached hydrogens (tertiary/aromatic N) is 3. The number of benzene rings is 1. The molecule has 0 saturated heterocycles. The zero-order chi connectivity index (χ0) is 20.9. The van der Waals surface area contributed by atoms with Crippen LogP contribution in [-0.4, -0.2) is 34.0 Å². The van der Waals surface area contributed by atoms with Gasteiger partial charge in [-0.3, -0.25) is 4.79 Å². The van der Waals surface area contributed by atoms with Gasteiger partial charge < -0.3 is 13.8 Å². The Morgan fingerprint density at radius 1 is 1.17 bits per heavy atom. The third-order valence-electron chi connectivity index (χ3n) is 4.31. The standard InChI is InChI=1S/C20H20F3N3O3/c1-2-3-10-26(19(27)16-8-5-12-28-16)11-9-17-24-18(25-29-17)14-6-4-7-15(13-14)20(21,22)23/h4-8,12-13H,2-3,9-11H2,1H3. The van der Waals surface area contributed by atoms with Gasteiger partial charge >= 0.3 is 6.18 Å². The number of halogens is 3. The van der Waals surface area contributed by atoms with E-state index in [9.17, 15) is 18.0 Å². The van der Waals surface area contributed by atoms with Crippen LogP contribution in [0, 0.1) is 0 Å². The molecule has 0 saturated carbocycles. The van der Waals surface area contributed by atoms with Crippen LogP contribution in [0.3, 0.4) is 0 Å². The monoisotopic (exact) mass is 407 g/mol. The van der Waals surface area contributed by atoms with Gasteiger partial charge in [-0.15, -0.1) is 0 Å². The molecule has 1 amide bonds. The molecule has 0 aliphatic rings. The maximum Gasteiger partial charge on any atom is 0.416 e. The number of alkyl halides is 3. The maximum atomic E-state index is 12.9. The van der Waals surface area contributed by atoms with E-state index in [1.165, 1.54) is 18.4 Å². The zero-order valence-corrected chi connectivity index (χ0v) is 15.8. The second-order valence-corrected chi connectivity index (χ2v) is 6.46. The molecule has 2 heterocycles. The van der Waals surface area contributed by atoms with E-state index in [1.54, 1.807) is 17.0 Å². The lowest BCUT2D eigenvalue weighted by Gasteiger charge is -2.20. The predicted molar refractivity (Wildman–Crippen MR) is 98.0 cm³/mol. The first kappa shape index (κ1) is 20.6. The Bertz CT molecular complexity index is 936. The normalized spacial score (nSPS) is 11.6. The van der Waals surface area contributed by atoms with Crippen molar-refractivity contribution in [2.24, 2.45) is 0 Å². The molecule has 0 aliphatic heterocycles. The Morgan fingerprint density at radius 3 is 2.69 bits per heavy atom. The first-order valence-corrected chi connectivity index (χ1v) is 9.21. The molecular weight excluding hydrogens is 387 g/mol. The summed E-state index contributed by atoms with van der Waals surface area (Å²) in [6, 6.07) is 7.98. The van der Waals surface area contributed by atoms with Crippen molar-refractivity contribution in [1.29, 1.82) is 0 Å². The third-order valence-corrected chi connectivity index (χ3v) is 4.31.